The number of hydrogen-bond acceptors (Lipinski definition) is 2. The third-order valence-corrected chi connectivity index (χ3v) is 3.13. The van der Waals surface area contributed by atoms with Crippen molar-refractivity contribution in [2.75, 3.05) is 0 Å². The van der Waals surface area contributed by atoms with E-state index in [-0.39, 0.29) is 5.75 Å². The second-order valence-electron chi connectivity index (χ2n) is 4.44. The largest absolute Gasteiger partial charge is 0.508 e. The van der Waals surface area contributed by atoms with Gasteiger partial charge < -0.3 is 10.2 Å². The molecule has 0 heterocycles. The van der Waals surface area contributed by atoms with Gasteiger partial charge in [-0.3, -0.25) is 0 Å². The van der Waals surface area contributed by atoms with Crippen LogP contribution in [0, 0.1) is 0 Å². The molecule has 1 atom stereocenters. The van der Waals surface area contributed by atoms with E-state index in [1.165, 1.54) is 5.56 Å². The van der Waals surface area contributed by atoms with Crippen LogP contribution < -0.4 is 0 Å². The van der Waals surface area contributed by atoms with Crippen LogP contribution in [0.5, 0.6) is 5.75 Å². The Morgan fingerprint density at radius 3 is 2.56 bits per heavy atom. The molecule has 0 saturated heterocycles. The van der Waals surface area contributed by atoms with Crippen molar-refractivity contribution >= 4 is 0 Å². The molecule has 2 aromatic rings. The van der Waals surface area contributed by atoms with Crippen LogP contribution >= 0.6 is 0 Å². The zero-order valence-corrected chi connectivity index (χ0v) is 10.5. The summed E-state index contributed by atoms with van der Waals surface area (Å²) in [7, 11) is 0. The first kappa shape index (κ1) is 12.7. The summed E-state index contributed by atoms with van der Waals surface area (Å²) in [6.07, 6.45) is 0.904. The number of hydrogen-bond donors (Lipinski definition) is 2. The standard InChI is InChI=1S/C16H18O2/c1-2-13-7-3-4-9-15(13)16(18)11-12-6-5-8-14(17)10-12/h3-10,16-18H,2,11H2,1H3. The van der Waals surface area contributed by atoms with E-state index in [4.69, 9.17) is 0 Å². The summed E-state index contributed by atoms with van der Waals surface area (Å²) >= 11 is 0. The predicted octanol–water partition coefficient (Wildman–Crippen LogP) is 3.23. The first-order valence-corrected chi connectivity index (χ1v) is 6.24. The average Bonchev–Trinajstić information content (AvgIpc) is 2.38. The molecule has 94 valence electrons. The number of phenolic OH excluding ortho intramolecular Hbond substituents is 1. The topological polar surface area (TPSA) is 40.5 Å². The number of aromatic hydroxyl groups is 1. The van der Waals surface area contributed by atoms with Crippen LogP contribution in [0.4, 0.5) is 0 Å². The first-order valence-electron chi connectivity index (χ1n) is 6.24. The molecule has 2 rings (SSSR count). The molecule has 0 saturated carbocycles. The summed E-state index contributed by atoms with van der Waals surface area (Å²) < 4.78 is 0. The molecule has 0 aliphatic carbocycles. The van der Waals surface area contributed by atoms with Gasteiger partial charge in [0.1, 0.15) is 5.75 Å². The van der Waals surface area contributed by atoms with E-state index < -0.39 is 6.10 Å². The molecule has 1 unspecified atom stereocenters. The Kier molecular flexibility index (Phi) is 4.00. The van der Waals surface area contributed by atoms with Gasteiger partial charge in [0.05, 0.1) is 6.10 Å². The summed E-state index contributed by atoms with van der Waals surface area (Å²) in [4.78, 5) is 0. The second kappa shape index (κ2) is 5.69. The lowest BCUT2D eigenvalue weighted by atomic mass is 9.96. The number of aryl methyl sites for hydroxylation is 1. The minimum atomic E-state index is -0.525. The Morgan fingerprint density at radius 2 is 1.83 bits per heavy atom. The highest BCUT2D eigenvalue weighted by atomic mass is 16.3. The maximum Gasteiger partial charge on any atom is 0.115 e. The van der Waals surface area contributed by atoms with Crippen molar-refractivity contribution < 1.29 is 10.2 Å². The van der Waals surface area contributed by atoms with E-state index in [0.717, 1.165) is 17.5 Å². The Labute approximate surface area is 108 Å². The van der Waals surface area contributed by atoms with Gasteiger partial charge in [-0.1, -0.05) is 43.3 Å². The molecule has 2 aromatic carbocycles. The first-order chi connectivity index (χ1) is 8.70. The average molecular weight is 242 g/mol. The number of aliphatic hydroxyl groups excluding tert-OH is 1. The Bertz CT molecular complexity index is 520. The van der Waals surface area contributed by atoms with Crippen LogP contribution in [0.2, 0.25) is 0 Å². The van der Waals surface area contributed by atoms with Gasteiger partial charge in [-0.15, -0.1) is 0 Å². The van der Waals surface area contributed by atoms with Crippen LogP contribution in [-0.4, -0.2) is 10.2 Å². The van der Waals surface area contributed by atoms with Crippen molar-refractivity contribution in [1.82, 2.24) is 0 Å². The molecule has 0 bridgehead atoms. The molecule has 0 aliphatic rings. The number of phenols is 1. The molecule has 0 amide bonds. The van der Waals surface area contributed by atoms with Crippen LogP contribution in [0.1, 0.15) is 29.7 Å². The fraction of sp³-hybridized carbons (Fsp3) is 0.250. The Morgan fingerprint density at radius 1 is 1.06 bits per heavy atom. The fourth-order valence-corrected chi connectivity index (χ4v) is 2.20. The predicted molar refractivity (Wildman–Crippen MR) is 72.6 cm³/mol. The zero-order chi connectivity index (χ0) is 13.0. The number of aliphatic hydroxyl groups is 1. The normalized spacial score (nSPS) is 12.3. The maximum atomic E-state index is 10.3. The summed E-state index contributed by atoms with van der Waals surface area (Å²) in [5.41, 5.74) is 3.09. The number of rotatable bonds is 4. The van der Waals surface area contributed by atoms with E-state index in [0.29, 0.717) is 6.42 Å². The molecular formula is C16H18O2. The van der Waals surface area contributed by atoms with Gasteiger partial charge in [0.15, 0.2) is 0 Å². The van der Waals surface area contributed by atoms with Crippen LogP contribution in [0.3, 0.4) is 0 Å². The van der Waals surface area contributed by atoms with Crippen molar-refractivity contribution in [1.29, 1.82) is 0 Å². The minimum Gasteiger partial charge on any atom is -0.508 e. The second-order valence-corrected chi connectivity index (χ2v) is 4.44. The van der Waals surface area contributed by atoms with E-state index >= 15 is 0 Å². The smallest absolute Gasteiger partial charge is 0.115 e. The third-order valence-electron chi connectivity index (χ3n) is 3.13. The fourth-order valence-electron chi connectivity index (χ4n) is 2.20. The van der Waals surface area contributed by atoms with Crippen molar-refractivity contribution in [3.05, 3.63) is 65.2 Å². The molecule has 2 N–H and O–H groups in total. The summed E-state index contributed by atoms with van der Waals surface area (Å²) in [5, 5.41) is 19.7. The highest BCUT2D eigenvalue weighted by Gasteiger charge is 2.11. The van der Waals surface area contributed by atoms with Gasteiger partial charge in [-0.2, -0.15) is 0 Å². The molecule has 0 fully saturated rings. The molecule has 0 spiro atoms. The monoisotopic (exact) mass is 242 g/mol. The molecule has 18 heavy (non-hydrogen) atoms. The Hall–Kier alpha value is -1.80. The van der Waals surface area contributed by atoms with Gasteiger partial charge in [0, 0.05) is 6.42 Å². The van der Waals surface area contributed by atoms with Crippen LogP contribution in [-0.2, 0) is 12.8 Å². The van der Waals surface area contributed by atoms with E-state index in [9.17, 15) is 10.2 Å². The van der Waals surface area contributed by atoms with Crippen LogP contribution in [0.15, 0.2) is 48.5 Å². The number of benzene rings is 2. The molecule has 2 nitrogen and oxygen atoms in total. The third kappa shape index (κ3) is 2.90. The maximum absolute atomic E-state index is 10.3. The molecule has 2 heteroatoms. The lowest BCUT2D eigenvalue weighted by Gasteiger charge is -2.15. The Balaban J connectivity index is 2.19. The lowest BCUT2D eigenvalue weighted by Crippen LogP contribution is -2.04. The van der Waals surface area contributed by atoms with E-state index in [1.807, 2.05) is 30.3 Å². The molecule has 0 radical (unpaired) electrons. The van der Waals surface area contributed by atoms with Gasteiger partial charge in [0.2, 0.25) is 0 Å². The van der Waals surface area contributed by atoms with E-state index in [2.05, 4.69) is 6.92 Å². The molecular weight excluding hydrogens is 224 g/mol. The quantitative estimate of drug-likeness (QED) is 0.864. The van der Waals surface area contributed by atoms with Gasteiger partial charge in [-0.05, 0) is 35.2 Å². The molecule has 0 aliphatic heterocycles. The lowest BCUT2D eigenvalue weighted by molar-refractivity contribution is 0.177. The van der Waals surface area contributed by atoms with Crippen molar-refractivity contribution in [2.45, 2.75) is 25.9 Å². The van der Waals surface area contributed by atoms with Crippen molar-refractivity contribution in [3.63, 3.8) is 0 Å². The zero-order valence-electron chi connectivity index (χ0n) is 10.5. The summed E-state index contributed by atoms with van der Waals surface area (Å²) in [6.45, 7) is 2.08. The van der Waals surface area contributed by atoms with Gasteiger partial charge >= 0.3 is 0 Å². The van der Waals surface area contributed by atoms with Gasteiger partial charge in [0.25, 0.3) is 0 Å². The SMILES string of the molecule is CCc1ccccc1C(O)Cc1cccc(O)c1. The highest BCUT2D eigenvalue weighted by molar-refractivity contribution is 5.32. The van der Waals surface area contributed by atoms with Gasteiger partial charge in [-0.25, -0.2) is 0 Å². The van der Waals surface area contributed by atoms with Crippen LogP contribution in [0.25, 0.3) is 0 Å². The minimum absolute atomic E-state index is 0.239. The summed E-state index contributed by atoms with van der Waals surface area (Å²) in [6, 6.07) is 15.0. The van der Waals surface area contributed by atoms with Crippen molar-refractivity contribution in [3.8, 4) is 5.75 Å². The summed E-state index contributed by atoms with van der Waals surface area (Å²) in [5.74, 6) is 0.239. The highest BCUT2D eigenvalue weighted by Crippen LogP contribution is 2.23. The van der Waals surface area contributed by atoms with E-state index in [1.54, 1.807) is 18.2 Å². The molecule has 0 aromatic heterocycles. The van der Waals surface area contributed by atoms with Crippen molar-refractivity contribution in [2.24, 2.45) is 0 Å².